The van der Waals surface area contributed by atoms with Crippen molar-refractivity contribution in [2.24, 2.45) is 0 Å². The van der Waals surface area contributed by atoms with Crippen LogP contribution in [0, 0.1) is 0 Å². The zero-order chi connectivity index (χ0) is 28.2. The molecular formula is C32H36O8. The molecule has 3 aromatic rings. The standard InChI is InChI=1S/C32H36O8/c1-23(33)17-18-28(34)40-31-30(38-21-26-15-9-4-10-16-26)29(37-20-25-13-7-3-8-14-25)27(39-32(31)35)22-36-19-24-11-5-2-6-12-24/h2-16,27,29-32,35H,17-22H2,1H3/t27-,29+,30+,31-,32-/m1/s1. The second kappa shape index (κ2) is 15.4. The topological polar surface area (TPSA) is 101 Å². The lowest BCUT2D eigenvalue weighted by Gasteiger charge is -2.44. The summed E-state index contributed by atoms with van der Waals surface area (Å²) < 4.78 is 30.2. The van der Waals surface area contributed by atoms with E-state index >= 15 is 0 Å². The summed E-state index contributed by atoms with van der Waals surface area (Å²) in [5.41, 5.74) is 2.84. The van der Waals surface area contributed by atoms with Crippen molar-refractivity contribution in [3.05, 3.63) is 108 Å². The van der Waals surface area contributed by atoms with Gasteiger partial charge in [-0.3, -0.25) is 4.79 Å². The first-order valence-electron chi connectivity index (χ1n) is 13.4. The van der Waals surface area contributed by atoms with Crippen molar-refractivity contribution < 1.29 is 38.4 Å². The van der Waals surface area contributed by atoms with Crippen molar-refractivity contribution >= 4 is 11.8 Å². The molecule has 8 heteroatoms. The first-order valence-corrected chi connectivity index (χ1v) is 13.4. The van der Waals surface area contributed by atoms with Crippen LogP contribution in [0.25, 0.3) is 0 Å². The van der Waals surface area contributed by atoms with Crippen LogP contribution in [0.5, 0.6) is 0 Å². The lowest BCUT2D eigenvalue weighted by atomic mass is 9.98. The van der Waals surface area contributed by atoms with Gasteiger partial charge in [0.25, 0.3) is 0 Å². The number of aliphatic hydroxyl groups excluding tert-OH is 1. The molecule has 0 aromatic heterocycles. The monoisotopic (exact) mass is 548 g/mol. The number of ether oxygens (including phenoxy) is 5. The smallest absolute Gasteiger partial charge is 0.306 e. The number of rotatable bonds is 14. The Morgan fingerprint density at radius 1 is 0.700 bits per heavy atom. The number of aliphatic hydroxyl groups is 1. The maximum Gasteiger partial charge on any atom is 0.306 e. The Morgan fingerprint density at radius 2 is 1.20 bits per heavy atom. The van der Waals surface area contributed by atoms with Gasteiger partial charge >= 0.3 is 5.97 Å². The van der Waals surface area contributed by atoms with Crippen LogP contribution in [0.3, 0.4) is 0 Å². The Labute approximate surface area is 234 Å². The molecule has 40 heavy (non-hydrogen) atoms. The lowest BCUT2D eigenvalue weighted by molar-refractivity contribution is -0.310. The van der Waals surface area contributed by atoms with Crippen molar-refractivity contribution in [2.45, 2.75) is 70.3 Å². The predicted molar refractivity (Wildman–Crippen MR) is 147 cm³/mol. The van der Waals surface area contributed by atoms with Crippen LogP contribution < -0.4 is 0 Å². The molecule has 1 aliphatic rings. The minimum Gasteiger partial charge on any atom is -0.454 e. The van der Waals surface area contributed by atoms with Crippen LogP contribution in [0.1, 0.15) is 36.5 Å². The molecular weight excluding hydrogens is 512 g/mol. The van der Waals surface area contributed by atoms with Gasteiger partial charge in [0.1, 0.15) is 24.1 Å². The van der Waals surface area contributed by atoms with Crippen molar-refractivity contribution in [1.82, 2.24) is 0 Å². The number of carbonyl (C=O) groups excluding carboxylic acids is 2. The molecule has 1 aliphatic heterocycles. The molecule has 5 atom stereocenters. The molecule has 0 aliphatic carbocycles. The number of hydrogen-bond acceptors (Lipinski definition) is 8. The molecule has 3 aromatic carbocycles. The summed E-state index contributed by atoms with van der Waals surface area (Å²) in [6.45, 7) is 2.31. The van der Waals surface area contributed by atoms with Gasteiger partial charge in [-0.1, -0.05) is 91.0 Å². The maximum absolute atomic E-state index is 12.6. The fourth-order valence-electron chi connectivity index (χ4n) is 4.44. The number of benzene rings is 3. The van der Waals surface area contributed by atoms with Crippen molar-refractivity contribution in [3.63, 3.8) is 0 Å². The Kier molecular flexibility index (Phi) is 11.4. The normalized spacial score (nSPS) is 22.5. The highest BCUT2D eigenvalue weighted by Crippen LogP contribution is 2.30. The van der Waals surface area contributed by atoms with Crippen LogP contribution in [0.2, 0.25) is 0 Å². The minimum atomic E-state index is -1.48. The molecule has 0 bridgehead atoms. The van der Waals surface area contributed by atoms with E-state index in [0.717, 1.165) is 16.7 Å². The fraction of sp³-hybridized carbons (Fsp3) is 0.375. The van der Waals surface area contributed by atoms with Crippen LogP contribution in [0.4, 0.5) is 0 Å². The molecule has 8 nitrogen and oxygen atoms in total. The first kappa shape index (κ1) is 29.6. The highest BCUT2D eigenvalue weighted by Gasteiger charge is 2.49. The third-order valence-electron chi connectivity index (χ3n) is 6.52. The maximum atomic E-state index is 12.6. The molecule has 4 rings (SSSR count). The Bertz CT molecular complexity index is 1170. The highest BCUT2D eigenvalue weighted by molar-refractivity contribution is 5.81. The van der Waals surface area contributed by atoms with Gasteiger partial charge in [-0.15, -0.1) is 0 Å². The Morgan fingerprint density at radius 3 is 1.73 bits per heavy atom. The molecule has 0 unspecified atom stereocenters. The molecule has 1 heterocycles. The summed E-state index contributed by atoms with van der Waals surface area (Å²) in [5.74, 6) is -0.759. The molecule has 0 radical (unpaired) electrons. The second-order valence-electron chi connectivity index (χ2n) is 9.74. The quantitative estimate of drug-likeness (QED) is 0.297. The summed E-state index contributed by atoms with van der Waals surface area (Å²) in [6.07, 6.45) is -5.05. The Hall–Kier alpha value is -3.40. The van der Waals surface area contributed by atoms with Crippen molar-refractivity contribution in [3.8, 4) is 0 Å². The van der Waals surface area contributed by atoms with E-state index in [0.29, 0.717) is 6.61 Å². The van der Waals surface area contributed by atoms with Gasteiger partial charge in [-0.05, 0) is 23.6 Å². The molecule has 212 valence electrons. The highest BCUT2D eigenvalue weighted by atomic mass is 16.7. The van der Waals surface area contributed by atoms with Gasteiger partial charge in [0.15, 0.2) is 12.4 Å². The molecule has 1 N–H and O–H groups in total. The molecule has 0 spiro atoms. The first-order chi connectivity index (χ1) is 19.5. The second-order valence-corrected chi connectivity index (χ2v) is 9.74. The number of carbonyl (C=O) groups is 2. The van der Waals surface area contributed by atoms with E-state index in [9.17, 15) is 14.7 Å². The van der Waals surface area contributed by atoms with Crippen molar-refractivity contribution in [1.29, 1.82) is 0 Å². The lowest BCUT2D eigenvalue weighted by Crippen LogP contribution is -2.61. The summed E-state index contributed by atoms with van der Waals surface area (Å²) in [7, 11) is 0. The van der Waals surface area contributed by atoms with Crippen LogP contribution in [0.15, 0.2) is 91.0 Å². The third-order valence-corrected chi connectivity index (χ3v) is 6.52. The average Bonchev–Trinajstić information content (AvgIpc) is 2.97. The Balaban J connectivity index is 1.55. The average molecular weight is 549 g/mol. The molecule has 1 fully saturated rings. The molecule has 1 saturated heterocycles. The third kappa shape index (κ3) is 9.08. The summed E-state index contributed by atoms with van der Waals surface area (Å²) in [5, 5.41) is 11.0. The summed E-state index contributed by atoms with van der Waals surface area (Å²) >= 11 is 0. The SMILES string of the molecule is CC(=O)CCC(=O)O[C@@H]1[C@@H](OCc2ccccc2)[C@@H](OCc2ccccc2)[C@@H](COCc2ccccc2)O[C@H]1O. The molecule has 0 amide bonds. The van der Waals surface area contributed by atoms with E-state index in [4.69, 9.17) is 23.7 Å². The summed E-state index contributed by atoms with van der Waals surface area (Å²) in [4.78, 5) is 24.0. The number of esters is 1. The van der Waals surface area contributed by atoms with Gasteiger partial charge < -0.3 is 33.6 Å². The van der Waals surface area contributed by atoms with Gasteiger partial charge in [0.2, 0.25) is 0 Å². The van der Waals surface area contributed by atoms with Gasteiger partial charge in [-0.25, -0.2) is 0 Å². The van der Waals surface area contributed by atoms with Crippen LogP contribution in [-0.2, 0) is 53.1 Å². The van der Waals surface area contributed by atoms with Crippen LogP contribution >= 0.6 is 0 Å². The largest absolute Gasteiger partial charge is 0.454 e. The summed E-state index contributed by atoms with van der Waals surface area (Å²) in [6, 6.07) is 28.9. The van der Waals surface area contributed by atoms with E-state index < -0.39 is 36.7 Å². The fourth-order valence-corrected chi connectivity index (χ4v) is 4.44. The van der Waals surface area contributed by atoms with Gasteiger partial charge in [0.05, 0.1) is 32.8 Å². The number of hydrogen-bond donors (Lipinski definition) is 1. The minimum absolute atomic E-state index is 0.0436. The van der Waals surface area contributed by atoms with Gasteiger partial charge in [-0.2, -0.15) is 0 Å². The zero-order valence-corrected chi connectivity index (χ0v) is 22.6. The van der Waals surface area contributed by atoms with Crippen molar-refractivity contribution in [2.75, 3.05) is 6.61 Å². The van der Waals surface area contributed by atoms with E-state index in [2.05, 4.69) is 0 Å². The molecule has 0 saturated carbocycles. The van der Waals surface area contributed by atoms with Gasteiger partial charge in [0, 0.05) is 6.42 Å². The van der Waals surface area contributed by atoms with Crippen LogP contribution in [-0.4, -0.2) is 54.2 Å². The number of ketones is 1. The van der Waals surface area contributed by atoms with E-state index in [1.165, 1.54) is 6.92 Å². The van der Waals surface area contributed by atoms with E-state index in [1.54, 1.807) is 0 Å². The predicted octanol–water partition coefficient (Wildman–Crippen LogP) is 4.37. The number of Topliss-reactive ketones (excluding diaryl/α,β-unsaturated/α-hetero) is 1. The van der Waals surface area contributed by atoms with E-state index in [1.807, 2.05) is 91.0 Å². The van der Waals surface area contributed by atoms with E-state index in [-0.39, 0.29) is 38.4 Å². The zero-order valence-electron chi connectivity index (χ0n) is 22.6.